The van der Waals surface area contributed by atoms with Gasteiger partial charge in [-0.15, -0.1) is 0 Å². The highest BCUT2D eigenvalue weighted by atomic mass is 19.1. The van der Waals surface area contributed by atoms with Crippen LogP contribution in [-0.2, 0) is 4.74 Å². The second-order valence-corrected chi connectivity index (χ2v) is 7.48. The van der Waals surface area contributed by atoms with Crippen LogP contribution in [0.2, 0.25) is 0 Å². The summed E-state index contributed by atoms with van der Waals surface area (Å²) < 4.78 is 35.8. The largest absolute Gasteiger partial charge is 0.493 e. The van der Waals surface area contributed by atoms with E-state index in [0.717, 1.165) is 19.6 Å². The number of halogens is 1. The number of methoxy groups -OCH3 is 3. The zero-order valence-electron chi connectivity index (χ0n) is 19.1. The van der Waals surface area contributed by atoms with E-state index in [4.69, 9.17) is 18.9 Å². The van der Waals surface area contributed by atoms with Gasteiger partial charge in [0.15, 0.2) is 17.3 Å². The fourth-order valence-electron chi connectivity index (χ4n) is 3.78. The number of morpholine rings is 1. The summed E-state index contributed by atoms with van der Waals surface area (Å²) in [5.74, 6) is -0.934. The fraction of sp³-hybridized carbons (Fsp3) is 0.417. The van der Waals surface area contributed by atoms with E-state index >= 15 is 0 Å². The van der Waals surface area contributed by atoms with Crippen LogP contribution in [0.4, 0.5) is 10.1 Å². The number of nitrogens with zero attached hydrogens (tertiary/aromatic N) is 1. The second kappa shape index (κ2) is 11.6. The van der Waals surface area contributed by atoms with Crippen LogP contribution in [0.15, 0.2) is 30.3 Å². The van der Waals surface area contributed by atoms with Crippen molar-refractivity contribution in [3.05, 3.63) is 47.3 Å². The molecule has 1 heterocycles. The first-order valence-corrected chi connectivity index (χ1v) is 10.7. The third-order valence-corrected chi connectivity index (χ3v) is 5.46. The molecule has 0 radical (unpaired) electrons. The maximum absolute atomic E-state index is 14.1. The number of benzene rings is 2. The van der Waals surface area contributed by atoms with Gasteiger partial charge in [0, 0.05) is 25.6 Å². The van der Waals surface area contributed by atoms with Crippen molar-refractivity contribution in [1.82, 2.24) is 4.90 Å². The molecule has 1 N–H and O–H groups in total. The van der Waals surface area contributed by atoms with Crippen molar-refractivity contribution >= 4 is 17.4 Å². The van der Waals surface area contributed by atoms with Crippen molar-refractivity contribution in [2.75, 3.05) is 59.5 Å². The van der Waals surface area contributed by atoms with Crippen LogP contribution in [0, 0.1) is 5.82 Å². The molecule has 0 bridgehead atoms. The first kappa shape index (κ1) is 24.5. The van der Waals surface area contributed by atoms with E-state index in [1.165, 1.54) is 45.6 Å². The summed E-state index contributed by atoms with van der Waals surface area (Å²) in [7, 11) is 4.28. The van der Waals surface area contributed by atoms with E-state index in [9.17, 15) is 14.0 Å². The predicted molar refractivity (Wildman–Crippen MR) is 121 cm³/mol. The molecule has 2 aromatic carbocycles. The zero-order valence-corrected chi connectivity index (χ0v) is 19.1. The first-order chi connectivity index (χ1) is 16.0. The molecule has 1 aliphatic heterocycles. The van der Waals surface area contributed by atoms with Gasteiger partial charge in [0.25, 0.3) is 5.91 Å². The molecule has 1 fully saturated rings. The SMILES string of the molecule is COc1cc(NC(=O)c2ccccc2F)c(C(=O)CCCN2CCOCC2)c(OC)c1OC. The smallest absolute Gasteiger partial charge is 0.258 e. The summed E-state index contributed by atoms with van der Waals surface area (Å²) >= 11 is 0. The molecule has 2 aromatic rings. The van der Waals surface area contributed by atoms with Crippen molar-refractivity contribution < 1.29 is 32.9 Å². The van der Waals surface area contributed by atoms with Gasteiger partial charge in [-0.05, 0) is 25.1 Å². The lowest BCUT2D eigenvalue weighted by Crippen LogP contribution is -2.37. The monoisotopic (exact) mass is 460 g/mol. The molecule has 1 aliphatic rings. The molecule has 1 saturated heterocycles. The van der Waals surface area contributed by atoms with Gasteiger partial charge in [0.2, 0.25) is 5.75 Å². The Bertz CT molecular complexity index is 991. The van der Waals surface area contributed by atoms with Crippen LogP contribution in [0.5, 0.6) is 17.2 Å². The molecule has 0 saturated carbocycles. The topological polar surface area (TPSA) is 86.3 Å². The van der Waals surface area contributed by atoms with Gasteiger partial charge in [-0.25, -0.2) is 4.39 Å². The number of anilines is 1. The van der Waals surface area contributed by atoms with Crippen LogP contribution < -0.4 is 19.5 Å². The standard InChI is InChI=1S/C24H29FN2O6/c1-30-20-15-18(26-24(29)16-7-4-5-8-17(16)25)21(23(32-3)22(20)31-2)19(28)9-6-10-27-11-13-33-14-12-27/h4-5,7-8,15H,6,9-14H2,1-3H3,(H,26,29). The number of amides is 1. The van der Waals surface area contributed by atoms with E-state index in [1.807, 2.05) is 0 Å². The highest BCUT2D eigenvalue weighted by molar-refractivity contribution is 6.11. The molecular formula is C24H29FN2O6. The molecule has 1 amide bonds. The van der Waals surface area contributed by atoms with Crippen LogP contribution in [0.25, 0.3) is 0 Å². The Hall–Kier alpha value is -3.17. The summed E-state index contributed by atoms with van der Waals surface area (Å²) in [5, 5.41) is 2.65. The molecule has 33 heavy (non-hydrogen) atoms. The van der Waals surface area contributed by atoms with E-state index in [0.29, 0.717) is 19.6 Å². The molecule has 178 valence electrons. The first-order valence-electron chi connectivity index (χ1n) is 10.7. The summed E-state index contributed by atoms with van der Waals surface area (Å²) in [6, 6.07) is 7.10. The van der Waals surface area contributed by atoms with Crippen molar-refractivity contribution in [1.29, 1.82) is 0 Å². The van der Waals surface area contributed by atoms with Gasteiger partial charge in [-0.3, -0.25) is 14.5 Å². The number of hydrogen-bond acceptors (Lipinski definition) is 7. The maximum Gasteiger partial charge on any atom is 0.258 e. The van der Waals surface area contributed by atoms with E-state index in [2.05, 4.69) is 10.2 Å². The van der Waals surface area contributed by atoms with Crippen LogP contribution in [-0.4, -0.2) is 70.8 Å². The Morgan fingerprint density at radius 2 is 1.76 bits per heavy atom. The number of Topliss-reactive ketones (excluding diaryl/α,β-unsaturated/α-hetero) is 1. The van der Waals surface area contributed by atoms with Crippen molar-refractivity contribution in [2.45, 2.75) is 12.8 Å². The minimum atomic E-state index is -0.690. The number of ketones is 1. The van der Waals surface area contributed by atoms with Gasteiger partial charge in [0.1, 0.15) is 5.82 Å². The molecule has 8 nitrogen and oxygen atoms in total. The molecular weight excluding hydrogens is 431 g/mol. The van der Waals surface area contributed by atoms with E-state index < -0.39 is 11.7 Å². The summed E-state index contributed by atoms with van der Waals surface area (Å²) in [6.45, 7) is 3.78. The number of rotatable bonds is 10. The summed E-state index contributed by atoms with van der Waals surface area (Å²) in [6.07, 6.45) is 0.850. The molecule has 0 spiro atoms. The van der Waals surface area contributed by atoms with Crippen molar-refractivity contribution in [3.63, 3.8) is 0 Å². The third-order valence-electron chi connectivity index (χ3n) is 5.46. The van der Waals surface area contributed by atoms with E-state index in [-0.39, 0.29) is 46.3 Å². The summed E-state index contributed by atoms with van der Waals surface area (Å²) in [5.41, 5.74) is 0.174. The highest BCUT2D eigenvalue weighted by Crippen LogP contribution is 2.44. The van der Waals surface area contributed by atoms with E-state index in [1.54, 1.807) is 6.07 Å². The summed E-state index contributed by atoms with van der Waals surface area (Å²) in [4.78, 5) is 28.3. The number of hydrogen-bond donors (Lipinski definition) is 1. The quantitative estimate of drug-likeness (QED) is 0.544. The molecule has 9 heteroatoms. The average Bonchev–Trinajstić information content (AvgIpc) is 2.83. The minimum Gasteiger partial charge on any atom is -0.493 e. The number of carbonyl (C=O) groups is 2. The van der Waals surface area contributed by atoms with Gasteiger partial charge < -0.3 is 24.3 Å². The van der Waals surface area contributed by atoms with Crippen LogP contribution in [0.1, 0.15) is 33.6 Å². The van der Waals surface area contributed by atoms with Gasteiger partial charge in [-0.2, -0.15) is 0 Å². The lowest BCUT2D eigenvalue weighted by Gasteiger charge is -2.26. The molecule has 0 aliphatic carbocycles. The minimum absolute atomic E-state index is 0.142. The number of carbonyl (C=O) groups excluding carboxylic acids is 2. The van der Waals surface area contributed by atoms with Gasteiger partial charge >= 0.3 is 0 Å². The Balaban J connectivity index is 1.90. The van der Waals surface area contributed by atoms with Crippen molar-refractivity contribution in [3.8, 4) is 17.2 Å². The molecule has 0 atom stereocenters. The molecule has 0 unspecified atom stereocenters. The van der Waals surface area contributed by atoms with Crippen LogP contribution in [0.3, 0.4) is 0 Å². The molecule has 0 aromatic heterocycles. The Morgan fingerprint density at radius 3 is 2.39 bits per heavy atom. The predicted octanol–water partition coefficient (Wildman–Crippen LogP) is 3.40. The second-order valence-electron chi connectivity index (χ2n) is 7.48. The number of ether oxygens (including phenoxy) is 4. The lowest BCUT2D eigenvalue weighted by molar-refractivity contribution is 0.0371. The fourth-order valence-corrected chi connectivity index (χ4v) is 3.78. The van der Waals surface area contributed by atoms with Crippen molar-refractivity contribution in [2.24, 2.45) is 0 Å². The average molecular weight is 461 g/mol. The third kappa shape index (κ3) is 5.80. The Labute approximate surface area is 192 Å². The maximum atomic E-state index is 14.1. The highest BCUT2D eigenvalue weighted by Gasteiger charge is 2.27. The normalized spacial score (nSPS) is 13.9. The number of nitrogens with one attached hydrogen (secondary N) is 1. The lowest BCUT2D eigenvalue weighted by atomic mass is 10.0. The van der Waals surface area contributed by atoms with Gasteiger partial charge in [0.05, 0.1) is 51.4 Å². The zero-order chi connectivity index (χ0) is 23.8. The van der Waals surface area contributed by atoms with Crippen LogP contribution >= 0.6 is 0 Å². The van der Waals surface area contributed by atoms with Gasteiger partial charge in [-0.1, -0.05) is 12.1 Å². The Kier molecular flexibility index (Phi) is 8.62. The molecule has 3 rings (SSSR count). The Morgan fingerprint density at radius 1 is 1.06 bits per heavy atom.